The van der Waals surface area contributed by atoms with Crippen LogP contribution in [0.2, 0.25) is 0 Å². The number of carboxylic acids is 4. The lowest BCUT2D eigenvalue weighted by Crippen LogP contribution is -2.32. The first-order valence-corrected chi connectivity index (χ1v) is 11.5. The highest BCUT2D eigenvalue weighted by atomic mass is 16.4. The molecule has 0 rings (SSSR count). The van der Waals surface area contributed by atoms with Gasteiger partial charge in [0.25, 0.3) is 0 Å². The van der Waals surface area contributed by atoms with E-state index in [0.717, 1.165) is 12.2 Å². The van der Waals surface area contributed by atoms with Crippen LogP contribution >= 0.6 is 0 Å². The first-order chi connectivity index (χ1) is 18.3. The van der Waals surface area contributed by atoms with E-state index in [2.05, 4.69) is 26.3 Å². The van der Waals surface area contributed by atoms with Gasteiger partial charge in [-0.3, -0.25) is 0 Å². The molecule has 0 heterocycles. The molecule has 14 nitrogen and oxygen atoms in total. The molecule has 0 aromatic heterocycles. The molecule has 14 heteroatoms. The zero-order chi connectivity index (χ0) is 33.5. The van der Waals surface area contributed by atoms with Gasteiger partial charge in [-0.1, -0.05) is 40.2 Å². The van der Waals surface area contributed by atoms with E-state index < -0.39 is 34.7 Å². The van der Waals surface area contributed by atoms with Crippen LogP contribution in [0, 0.1) is 10.8 Å². The second-order valence-corrected chi connectivity index (χ2v) is 7.91. The predicted molar refractivity (Wildman–Crippen MR) is 149 cm³/mol. The highest BCUT2D eigenvalue weighted by Crippen LogP contribution is 2.18. The number of hydrogen-bond donors (Lipinski definition) is 10. The number of aliphatic carboxylic acids is 4. The Morgan fingerprint density at radius 3 is 0.675 bits per heavy atom. The van der Waals surface area contributed by atoms with Crippen LogP contribution in [0.4, 0.5) is 0 Å². The molecule has 0 radical (unpaired) electrons. The van der Waals surface area contributed by atoms with Crippen LogP contribution in [-0.4, -0.2) is 115 Å². The van der Waals surface area contributed by atoms with E-state index in [-0.39, 0.29) is 50.8 Å². The number of hydrogen-bond acceptors (Lipinski definition) is 10. The summed E-state index contributed by atoms with van der Waals surface area (Å²) in [6, 6.07) is 0. The zero-order valence-corrected chi connectivity index (χ0v) is 23.7. The fourth-order valence-corrected chi connectivity index (χ4v) is 0.971. The minimum absolute atomic E-state index is 0.156. The zero-order valence-electron chi connectivity index (χ0n) is 23.7. The van der Waals surface area contributed by atoms with Crippen molar-refractivity contribution < 1.29 is 70.2 Å². The van der Waals surface area contributed by atoms with E-state index in [9.17, 15) is 19.2 Å². The maximum Gasteiger partial charge on any atom is 0.330 e. The molecule has 0 amide bonds. The molecule has 40 heavy (non-hydrogen) atoms. The molecule has 0 saturated carbocycles. The van der Waals surface area contributed by atoms with Gasteiger partial charge in [-0.25, -0.2) is 19.2 Å². The number of aliphatic hydroxyl groups is 6. The highest BCUT2D eigenvalue weighted by Gasteiger charge is 2.25. The van der Waals surface area contributed by atoms with Gasteiger partial charge in [0.1, 0.15) is 0 Å². The SMILES string of the molecule is C=C(C)C(=O)O.C=C(C)C(=O)O.C=CC(=O)O.C=CC(=O)O.CCC(CO)(CO)CO.CCC(CO)(CO)CO. The normalized spacial score (nSPS) is 9.25. The molecule has 0 spiro atoms. The van der Waals surface area contributed by atoms with E-state index >= 15 is 0 Å². The van der Waals surface area contributed by atoms with Crippen molar-refractivity contribution in [2.24, 2.45) is 10.8 Å². The molecule has 0 atom stereocenters. The average molecular weight is 585 g/mol. The number of rotatable bonds is 12. The second kappa shape index (κ2) is 31.8. The molecular formula is C26H48O14. The summed E-state index contributed by atoms with van der Waals surface area (Å²) < 4.78 is 0. The Morgan fingerprint density at radius 2 is 0.675 bits per heavy atom. The molecule has 10 N–H and O–H groups in total. The summed E-state index contributed by atoms with van der Waals surface area (Å²) in [7, 11) is 0. The summed E-state index contributed by atoms with van der Waals surface area (Å²) in [5.74, 6) is -3.83. The van der Waals surface area contributed by atoms with Crippen molar-refractivity contribution in [3.8, 4) is 0 Å². The molecule has 0 saturated heterocycles. The predicted octanol–water partition coefficient (Wildman–Crippen LogP) is 0.528. The standard InChI is InChI=1S/2C6H14O3.2C4H6O2.2C3H4O2/c2*1-2-6(3-7,4-8)5-9;2*1-3(2)4(5)6;2*1-2-3(4)5/h2*7-9H,2-5H2,1H3;2*1H2,2H3,(H,5,6);2*2H,1H2,(H,4,5). The quantitative estimate of drug-likeness (QED) is 0.140. The molecular weight excluding hydrogens is 536 g/mol. The van der Waals surface area contributed by atoms with Crippen molar-refractivity contribution >= 4 is 23.9 Å². The van der Waals surface area contributed by atoms with Crippen molar-refractivity contribution in [3.63, 3.8) is 0 Å². The molecule has 0 unspecified atom stereocenters. The largest absolute Gasteiger partial charge is 0.478 e. The Kier molecular flexibility index (Phi) is 39.4. The van der Waals surface area contributed by atoms with Gasteiger partial charge in [-0.15, -0.1) is 0 Å². The number of carboxylic acid groups (broad SMARTS) is 4. The molecule has 0 aliphatic carbocycles. The fourth-order valence-electron chi connectivity index (χ4n) is 0.971. The van der Waals surface area contributed by atoms with Gasteiger partial charge >= 0.3 is 23.9 Å². The van der Waals surface area contributed by atoms with Gasteiger partial charge in [-0.05, 0) is 26.7 Å². The Labute approximate surface area is 235 Å². The van der Waals surface area contributed by atoms with Gasteiger partial charge in [0.2, 0.25) is 0 Å². The Morgan fingerprint density at radius 1 is 0.550 bits per heavy atom. The average Bonchev–Trinajstić information content (AvgIpc) is 2.93. The maximum atomic E-state index is 9.60. The van der Waals surface area contributed by atoms with Gasteiger partial charge in [0.15, 0.2) is 0 Å². The fraction of sp³-hybridized carbons (Fsp3) is 0.538. The van der Waals surface area contributed by atoms with Crippen LogP contribution in [0.15, 0.2) is 49.6 Å². The number of carbonyl (C=O) groups is 4. The minimum Gasteiger partial charge on any atom is -0.478 e. The lowest BCUT2D eigenvalue weighted by molar-refractivity contribution is -0.133. The molecule has 0 aromatic carbocycles. The monoisotopic (exact) mass is 584 g/mol. The van der Waals surface area contributed by atoms with E-state index in [1.807, 2.05) is 13.8 Å². The summed E-state index contributed by atoms with van der Waals surface area (Å²) in [6.07, 6.45) is 2.85. The number of aliphatic hydroxyl groups excluding tert-OH is 6. The Hall–Kier alpha value is -3.40. The van der Waals surface area contributed by atoms with Crippen molar-refractivity contribution in [1.82, 2.24) is 0 Å². The lowest BCUT2D eigenvalue weighted by Gasteiger charge is -2.24. The third kappa shape index (κ3) is 36.8. The van der Waals surface area contributed by atoms with Crippen molar-refractivity contribution in [1.29, 1.82) is 0 Å². The molecule has 0 fully saturated rings. The second-order valence-electron chi connectivity index (χ2n) is 7.91. The van der Waals surface area contributed by atoms with Gasteiger partial charge < -0.3 is 51.1 Å². The van der Waals surface area contributed by atoms with Crippen LogP contribution in [0.3, 0.4) is 0 Å². The molecule has 236 valence electrons. The summed E-state index contributed by atoms with van der Waals surface area (Å²) in [6.45, 7) is 17.8. The molecule has 0 aromatic rings. The molecule has 0 aliphatic heterocycles. The third-order valence-corrected chi connectivity index (χ3v) is 4.59. The Balaban J connectivity index is -0.0000000883. The van der Waals surface area contributed by atoms with Gasteiger partial charge in [0, 0.05) is 34.1 Å². The maximum absolute atomic E-state index is 9.60. The van der Waals surface area contributed by atoms with Crippen LogP contribution in [0.1, 0.15) is 40.5 Å². The summed E-state index contributed by atoms with van der Waals surface area (Å²) in [4.78, 5) is 37.7. The molecule has 0 aliphatic rings. The van der Waals surface area contributed by atoms with Crippen LogP contribution in [0.5, 0.6) is 0 Å². The van der Waals surface area contributed by atoms with Crippen molar-refractivity contribution in [2.75, 3.05) is 39.6 Å². The van der Waals surface area contributed by atoms with Crippen LogP contribution < -0.4 is 0 Å². The summed E-state index contributed by atoms with van der Waals surface area (Å²) >= 11 is 0. The van der Waals surface area contributed by atoms with Crippen molar-refractivity contribution in [2.45, 2.75) is 40.5 Å². The first-order valence-electron chi connectivity index (χ1n) is 11.5. The minimum atomic E-state index is -0.981. The van der Waals surface area contributed by atoms with E-state index in [4.69, 9.17) is 51.1 Å². The summed E-state index contributed by atoms with van der Waals surface area (Å²) in [5, 5.41) is 82.9. The molecule has 0 bridgehead atoms. The smallest absolute Gasteiger partial charge is 0.330 e. The van der Waals surface area contributed by atoms with E-state index in [0.29, 0.717) is 12.8 Å². The van der Waals surface area contributed by atoms with E-state index in [1.54, 1.807) is 0 Å². The van der Waals surface area contributed by atoms with Gasteiger partial charge in [-0.2, -0.15) is 0 Å². The van der Waals surface area contributed by atoms with Crippen molar-refractivity contribution in [3.05, 3.63) is 49.6 Å². The third-order valence-electron chi connectivity index (χ3n) is 4.59. The van der Waals surface area contributed by atoms with E-state index in [1.165, 1.54) is 13.8 Å². The van der Waals surface area contributed by atoms with Crippen LogP contribution in [0.25, 0.3) is 0 Å². The lowest BCUT2D eigenvalue weighted by atomic mass is 9.88. The highest BCUT2D eigenvalue weighted by molar-refractivity contribution is 5.85. The van der Waals surface area contributed by atoms with Crippen LogP contribution in [-0.2, 0) is 19.2 Å². The first kappa shape index (κ1) is 49.5. The summed E-state index contributed by atoms with van der Waals surface area (Å²) in [5.41, 5.74) is -0.981. The topological polar surface area (TPSA) is 271 Å². The Bertz CT molecular complexity index is 615. The van der Waals surface area contributed by atoms with Gasteiger partial charge in [0.05, 0.1) is 39.6 Å².